The van der Waals surface area contributed by atoms with E-state index in [-0.39, 0.29) is 0 Å². The number of aliphatic carboxylic acids is 3. The highest BCUT2D eigenvalue weighted by Crippen LogP contribution is 1.55. The third-order valence-corrected chi connectivity index (χ3v) is 0.524. The fourth-order valence-electron chi connectivity index (χ4n) is 0. The van der Waals surface area contributed by atoms with Crippen LogP contribution in [0.2, 0.25) is 0 Å². The van der Waals surface area contributed by atoms with Crippen LogP contribution in [0, 0.1) is 0 Å². The number of nitrogens with two attached hydrogens (primary N) is 2. The van der Waals surface area contributed by atoms with Crippen molar-refractivity contribution in [2.75, 3.05) is 0 Å². The van der Waals surface area contributed by atoms with Crippen molar-refractivity contribution in [2.45, 2.75) is 0 Å². The van der Waals surface area contributed by atoms with E-state index in [1.807, 2.05) is 0 Å². The van der Waals surface area contributed by atoms with Gasteiger partial charge in [0.1, 0.15) is 0 Å². The van der Waals surface area contributed by atoms with E-state index in [9.17, 15) is 14.4 Å². The Kier molecular flexibility index (Phi) is 26.7. The zero-order valence-corrected chi connectivity index (χ0v) is 9.98. The smallest absolute Gasteiger partial charge is 0.327 e. The molecule has 0 saturated heterocycles. The van der Waals surface area contributed by atoms with Gasteiger partial charge < -0.3 is 26.8 Å². The van der Waals surface area contributed by atoms with Gasteiger partial charge in [-0.3, -0.25) is 0 Å². The Morgan fingerprint density at radius 2 is 0.737 bits per heavy atom. The van der Waals surface area contributed by atoms with Crippen LogP contribution >= 0.6 is 0 Å². The second-order valence-electron chi connectivity index (χ2n) is 2.03. The van der Waals surface area contributed by atoms with Crippen LogP contribution in [-0.4, -0.2) is 39.3 Å². The summed E-state index contributed by atoms with van der Waals surface area (Å²) in [5, 5.41) is 22.8. The third kappa shape index (κ3) is 295. The molecule has 0 fully saturated rings. The maximum atomic E-state index is 9.25. The first-order valence-corrected chi connectivity index (χ1v) is 4.16. The molecule has 9 nitrogen and oxygen atoms in total. The molecule has 2 amide bonds. The first-order chi connectivity index (χ1) is 8.54. The first-order valence-electron chi connectivity index (χ1n) is 4.16. The molecule has 9 heteroatoms. The van der Waals surface area contributed by atoms with Crippen LogP contribution in [0.4, 0.5) is 4.79 Å². The van der Waals surface area contributed by atoms with Crippen LogP contribution in [0.5, 0.6) is 0 Å². The lowest BCUT2D eigenvalue weighted by molar-refractivity contribution is -0.132. The number of carboxylic acid groups (broad SMARTS) is 3. The van der Waals surface area contributed by atoms with Crippen molar-refractivity contribution >= 4 is 23.9 Å². The molecule has 0 radical (unpaired) electrons. The number of primary amides is 2. The minimum atomic E-state index is -0.981. The van der Waals surface area contributed by atoms with Gasteiger partial charge in [0.2, 0.25) is 0 Å². The van der Waals surface area contributed by atoms with Crippen LogP contribution in [0.25, 0.3) is 0 Å². The number of hydrogen-bond donors (Lipinski definition) is 5. The Balaban J connectivity index is -0.0000000793. The number of carboxylic acids is 3. The van der Waals surface area contributed by atoms with Crippen molar-refractivity contribution < 1.29 is 34.5 Å². The molecule has 0 aromatic heterocycles. The van der Waals surface area contributed by atoms with Gasteiger partial charge in [0.25, 0.3) is 0 Å². The van der Waals surface area contributed by atoms with Gasteiger partial charge in [0.15, 0.2) is 0 Å². The van der Waals surface area contributed by atoms with E-state index in [0.717, 1.165) is 18.2 Å². The topological polar surface area (TPSA) is 181 Å². The largest absolute Gasteiger partial charge is 0.478 e. The average Bonchev–Trinajstić information content (AvgIpc) is 2.29. The highest BCUT2D eigenvalue weighted by atomic mass is 16.4. The van der Waals surface area contributed by atoms with Gasteiger partial charge in [0, 0.05) is 18.2 Å². The van der Waals surface area contributed by atoms with E-state index in [4.69, 9.17) is 20.1 Å². The number of carbonyl (C=O) groups excluding carboxylic acids is 1. The van der Waals surface area contributed by atoms with E-state index < -0.39 is 23.9 Å². The Bertz CT molecular complexity index is 290. The molecule has 0 bridgehead atoms. The van der Waals surface area contributed by atoms with Crippen LogP contribution in [0.15, 0.2) is 38.0 Å². The predicted octanol–water partition coefficient (Wildman–Crippen LogP) is -0.205. The molecular weight excluding hydrogens is 260 g/mol. The fraction of sp³-hybridized carbons (Fsp3) is 0. The van der Waals surface area contributed by atoms with Gasteiger partial charge in [-0.2, -0.15) is 0 Å². The van der Waals surface area contributed by atoms with Crippen molar-refractivity contribution in [1.82, 2.24) is 0 Å². The maximum absolute atomic E-state index is 9.25. The molecule has 0 aromatic rings. The minimum absolute atomic E-state index is 0.833. The molecule has 0 heterocycles. The maximum Gasteiger partial charge on any atom is 0.327 e. The zero-order chi connectivity index (χ0) is 16.4. The summed E-state index contributed by atoms with van der Waals surface area (Å²) in [6.45, 7) is 8.88. The number of carbonyl (C=O) groups is 4. The number of hydrogen-bond acceptors (Lipinski definition) is 4. The van der Waals surface area contributed by atoms with E-state index in [2.05, 4.69) is 31.2 Å². The quantitative estimate of drug-likeness (QED) is 0.442. The molecule has 0 atom stereocenters. The second-order valence-corrected chi connectivity index (χ2v) is 2.03. The average molecular weight is 276 g/mol. The fourth-order valence-corrected chi connectivity index (χ4v) is 0. The Morgan fingerprint density at radius 1 is 0.684 bits per heavy atom. The van der Waals surface area contributed by atoms with Crippen molar-refractivity contribution in [2.24, 2.45) is 11.5 Å². The number of amides is 2. The summed E-state index contributed by atoms with van der Waals surface area (Å²) in [6.07, 6.45) is 2.50. The molecule has 0 aliphatic rings. The highest BCUT2D eigenvalue weighted by Gasteiger charge is 1.74. The van der Waals surface area contributed by atoms with Crippen molar-refractivity contribution in [3.8, 4) is 0 Å². The molecular formula is C10H16N2O7. The van der Waals surface area contributed by atoms with Crippen LogP contribution in [-0.2, 0) is 14.4 Å². The molecule has 0 aromatic carbocycles. The lowest BCUT2D eigenvalue weighted by atomic mass is 10.7. The SMILES string of the molecule is C=CC(=O)O.C=CC(=O)O.C=CC(=O)O.NC(N)=O. The number of urea groups is 1. The molecule has 108 valence electrons. The first kappa shape index (κ1) is 24.9. The molecule has 0 rings (SSSR count). The normalized spacial score (nSPS) is 6.32. The molecule has 0 unspecified atom stereocenters. The molecule has 0 saturated carbocycles. The van der Waals surface area contributed by atoms with E-state index in [1.54, 1.807) is 0 Å². The van der Waals surface area contributed by atoms with Crippen LogP contribution < -0.4 is 11.5 Å². The lowest BCUT2D eigenvalue weighted by Crippen LogP contribution is -2.18. The Hall–Kier alpha value is -3.10. The molecule has 0 spiro atoms. The van der Waals surface area contributed by atoms with Crippen LogP contribution in [0.3, 0.4) is 0 Å². The summed E-state index contributed by atoms with van der Waals surface area (Å²) in [5.41, 5.74) is 8.50. The molecule has 0 aliphatic carbocycles. The standard InChI is InChI=1S/3C3H4O2.CH4N2O/c3*1-2-3(4)5;2-1(3)4/h3*2H,1H2,(H,4,5);(H4,2,3,4). The minimum Gasteiger partial charge on any atom is -0.478 e. The van der Waals surface area contributed by atoms with Crippen molar-refractivity contribution in [1.29, 1.82) is 0 Å². The molecule has 7 N–H and O–H groups in total. The lowest BCUT2D eigenvalue weighted by Gasteiger charge is -1.64. The predicted molar refractivity (Wildman–Crippen MR) is 67.3 cm³/mol. The number of rotatable bonds is 3. The highest BCUT2D eigenvalue weighted by molar-refractivity contribution is 5.79. The zero-order valence-electron chi connectivity index (χ0n) is 9.98. The van der Waals surface area contributed by atoms with E-state index in [1.165, 1.54) is 0 Å². The summed E-state index contributed by atoms with van der Waals surface area (Å²) < 4.78 is 0. The summed E-state index contributed by atoms with van der Waals surface area (Å²) in [7, 11) is 0. The van der Waals surface area contributed by atoms with Crippen molar-refractivity contribution in [3.05, 3.63) is 38.0 Å². The summed E-state index contributed by atoms with van der Waals surface area (Å²) >= 11 is 0. The van der Waals surface area contributed by atoms with Gasteiger partial charge >= 0.3 is 23.9 Å². The summed E-state index contributed by atoms with van der Waals surface area (Å²) in [6, 6.07) is -0.833. The van der Waals surface area contributed by atoms with Crippen molar-refractivity contribution in [3.63, 3.8) is 0 Å². The van der Waals surface area contributed by atoms with Gasteiger partial charge in [-0.25, -0.2) is 19.2 Å². The van der Waals surface area contributed by atoms with Gasteiger partial charge in [-0.15, -0.1) is 0 Å². The monoisotopic (exact) mass is 276 g/mol. The summed E-state index contributed by atoms with van der Waals surface area (Å²) in [5.74, 6) is -2.94. The third-order valence-electron chi connectivity index (χ3n) is 0.524. The van der Waals surface area contributed by atoms with E-state index >= 15 is 0 Å². The van der Waals surface area contributed by atoms with E-state index in [0.29, 0.717) is 0 Å². The van der Waals surface area contributed by atoms with Crippen LogP contribution in [0.1, 0.15) is 0 Å². The Morgan fingerprint density at radius 3 is 0.737 bits per heavy atom. The summed E-state index contributed by atoms with van der Waals surface area (Å²) in [4.78, 5) is 36.8. The Labute approximate surface area is 109 Å². The molecule has 19 heavy (non-hydrogen) atoms. The van der Waals surface area contributed by atoms with Gasteiger partial charge in [-0.1, -0.05) is 19.7 Å². The van der Waals surface area contributed by atoms with Gasteiger partial charge in [-0.05, 0) is 0 Å². The second kappa shape index (κ2) is 20.3. The van der Waals surface area contributed by atoms with Gasteiger partial charge in [0.05, 0.1) is 0 Å². The molecule has 0 aliphatic heterocycles.